The summed E-state index contributed by atoms with van der Waals surface area (Å²) in [5.74, 6) is 0. The zero-order valence-corrected chi connectivity index (χ0v) is 6.80. The Labute approximate surface area is 61.0 Å². The Morgan fingerprint density at radius 2 is 2.11 bits per heavy atom. The van der Waals surface area contributed by atoms with Gasteiger partial charge in [-0.25, -0.2) is 0 Å². The Morgan fingerprint density at radius 1 is 1.56 bits per heavy atom. The first-order valence-electron chi connectivity index (χ1n) is 3.11. The average molecular weight is 144 g/mol. The molecule has 52 valence electrons. The van der Waals surface area contributed by atoms with Crippen molar-refractivity contribution in [1.29, 1.82) is 0 Å². The van der Waals surface area contributed by atoms with E-state index in [4.69, 9.17) is 12.2 Å². The van der Waals surface area contributed by atoms with Crippen LogP contribution < -0.4 is 10.6 Å². The summed E-state index contributed by atoms with van der Waals surface area (Å²) in [5, 5.41) is 7.06. The molecule has 1 rings (SSSR count). The number of nitrogens with one attached hydrogen (secondary N) is 2. The molecule has 0 aliphatic carbocycles. The fourth-order valence-electron chi connectivity index (χ4n) is 0.814. The molecule has 3 heteroatoms. The highest BCUT2D eigenvalue weighted by Crippen LogP contribution is 2.13. The maximum atomic E-state index is 4.92. The maximum Gasteiger partial charge on any atom is 0.167 e. The van der Waals surface area contributed by atoms with E-state index in [9.17, 15) is 0 Å². The summed E-state index contributed by atoms with van der Waals surface area (Å²) in [6, 6.07) is 0.435. The number of rotatable bonds is 0. The molecule has 0 radical (unpaired) electrons. The lowest BCUT2D eigenvalue weighted by molar-refractivity contribution is 0.415. The fourth-order valence-corrected chi connectivity index (χ4v) is 1.25. The van der Waals surface area contributed by atoms with Crippen LogP contribution in [-0.4, -0.2) is 16.7 Å². The molecule has 2 nitrogen and oxygen atoms in total. The van der Waals surface area contributed by atoms with Crippen LogP contribution in [0.5, 0.6) is 0 Å². The van der Waals surface area contributed by atoms with E-state index in [1.165, 1.54) is 0 Å². The van der Waals surface area contributed by atoms with Gasteiger partial charge in [-0.3, -0.25) is 0 Å². The highest BCUT2D eigenvalue weighted by Gasteiger charge is 2.32. The van der Waals surface area contributed by atoms with Gasteiger partial charge in [0.2, 0.25) is 0 Å². The lowest BCUT2D eigenvalue weighted by atomic mass is 9.99. The molecule has 0 amide bonds. The van der Waals surface area contributed by atoms with Gasteiger partial charge in [-0.2, -0.15) is 0 Å². The van der Waals surface area contributed by atoms with Crippen molar-refractivity contribution in [1.82, 2.24) is 10.6 Å². The second-order valence-electron chi connectivity index (χ2n) is 3.04. The van der Waals surface area contributed by atoms with Gasteiger partial charge >= 0.3 is 0 Å². The van der Waals surface area contributed by atoms with Gasteiger partial charge in [0.25, 0.3) is 0 Å². The van der Waals surface area contributed by atoms with E-state index >= 15 is 0 Å². The standard InChI is InChI=1S/C6H12N2S/c1-4-6(2,3)8-5(9)7-4/h4H,1-3H3,(H2,7,8,9). The predicted molar refractivity (Wildman–Crippen MR) is 42.4 cm³/mol. The molecular weight excluding hydrogens is 132 g/mol. The highest BCUT2D eigenvalue weighted by atomic mass is 32.1. The number of thiocarbonyl (C=S) groups is 1. The Bertz CT molecular complexity index is 142. The topological polar surface area (TPSA) is 24.1 Å². The van der Waals surface area contributed by atoms with Gasteiger partial charge in [-0.1, -0.05) is 0 Å². The third-order valence-electron chi connectivity index (χ3n) is 1.87. The molecule has 1 saturated heterocycles. The van der Waals surface area contributed by atoms with Gasteiger partial charge in [-0.05, 0) is 33.0 Å². The molecule has 2 N–H and O–H groups in total. The summed E-state index contributed by atoms with van der Waals surface area (Å²) >= 11 is 4.92. The zero-order valence-electron chi connectivity index (χ0n) is 5.99. The Kier molecular flexibility index (Phi) is 1.39. The molecule has 1 heterocycles. The first-order chi connectivity index (χ1) is 4.02. The summed E-state index contributed by atoms with van der Waals surface area (Å²) in [7, 11) is 0. The highest BCUT2D eigenvalue weighted by molar-refractivity contribution is 7.80. The van der Waals surface area contributed by atoms with Crippen molar-refractivity contribution in [2.75, 3.05) is 0 Å². The third kappa shape index (κ3) is 1.15. The van der Waals surface area contributed by atoms with Crippen LogP contribution in [0.2, 0.25) is 0 Å². The van der Waals surface area contributed by atoms with Gasteiger partial charge in [0.1, 0.15) is 0 Å². The minimum absolute atomic E-state index is 0.122. The van der Waals surface area contributed by atoms with Crippen molar-refractivity contribution in [3.63, 3.8) is 0 Å². The molecule has 1 aliphatic rings. The van der Waals surface area contributed by atoms with Crippen LogP contribution in [0.25, 0.3) is 0 Å². The summed E-state index contributed by atoms with van der Waals surface area (Å²) in [6.07, 6.45) is 0. The molecule has 1 atom stereocenters. The van der Waals surface area contributed by atoms with E-state index in [1.807, 2.05) is 0 Å². The minimum Gasteiger partial charge on any atom is -0.358 e. The summed E-state index contributed by atoms with van der Waals surface area (Å²) in [6.45, 7) is 6.38. The summed E-state index contributed by atoms with van der Waals surface area (Å²) < 4.78 is 0. The molecule has 0 aromatic heterocycles. The van der Waals surface area contributed by atoms with Crippen molar-refractivity contribution in [3.05, 3.63) is 0 Å². The molecule has 0 aromatic carbocycles. The molecule has 1 aliphatic heterocycles. The normalized spacial score (nSPS) is 31.4. The second kappa shape index (κ2) is 1.84. The van der Waals surface area contributed by atoms with Crippen LogP contribution in [-0.2, 0) is 0 Å². The van der Waals surface area contributed by atoms with E-state index < -0.39 is 0 Å². The quantitative estimate of drug-likeness (QED) is 0.488. The van der Waals surface area contributed by atoms with Crippen molar-refractivity contribution in [2.24, 2.45) is 0 Å². The van der Waals surface area contributed by atoms with Crippen LogP contribution >= 0.6 is 12.2 Å². The van der Waals surface area contributed by atoms with Crippen molar-refractivity contribution in [3.8, 4) is 0 Å². The van der Waals surface area contributed by atoms with E-state index in [1.54, 1.807) is 0 Å². The van der Waals surface area contributed by atoms with Crippen LogP contribution in [0.3, 0.4) is 0 Å². The van der Waals surface area contributed by atoms with Crippen LogP contribution in [0.15, 0.2) is 0 Å². The SMILES string of the molecule is CC1NC(=S)NC1(C)C. The lowest BCUT2D eigenvalue weighted by Crippen LogP contribution is -2.41. The molecule has 0 aromatic rings. The molecule has 0 bridgehead atoms. The van der Waals surface area contributed by atoms with E-state index in [0.717, 1.165) is 5.11 Å². The largest absolute Gasteiger partial charge is 0.358 e. The summed E-state index contributed by atoms with van der Waals surface area (Å²) in [4.78, 5) is 0. The first-order valence-corrected chi connectivity index (χ1v) is 3.52. The molecule has 1 fully saturated rings. The minimum atomic E-state index is 0.122. The third-order valence-corrected chi connectivity index (χ3v) is 2.09. The number of hydrogen-bond donors (Lipinski definition) is 2. The Morgan fingerprint density at radius 3 is 2.22 bits per heavy atom. The predicted octanol–water partition coefficient (Wildman–Crippen LogP) is 0.631. The first kappa shape index (κ1) is 6.81. The van der Waals surface area contributed by atoms with Crippen LogP contribution in [0.4, 0.5) is 0 Å². The maximum absolute atomic E-state index is 4.92. The van der Waals surface area contributed by atoms with Gasteiger partial charge in [0, 0.05) is 6.04 Å². The fraction of sp³-hybridized carbons (Fsp3) is 0.833. The van der Waals surface area contributed by atoms with Crippen molar-refractivity contribution >= 4 is 17.3 Å². The monoisotopic (exact) mass is 144 g/mol. The molecular formula is C6H12N2S. The van der Waals surface area contributed by atoms with Gasteiger partial charge in [0.15, 0.2) is 5.11 Å². The molecule has 0 spiro atoms. The van der Waals surface area contributed by atoms with Gasteiger partial charge in [-0.15, -0.1) is 0 Å². The van der Waals surface area contributed by atoms with E-state index in [-0.39, 0.29) is 5.54 Å². The molecule has 1 unspecified atom stereocenters. The Hall–Kier alpha value is -0.310. The lowest BCUT2D eigenvalue weighted by Gasteiger charge is -2.21. The van der Waals surface area contributed by atoms with E-state index in [0.29, 0.717) is 6.04 Å². The average Bonchev–Trinajstić information content (AvgIpc) is 1.79. The van der Waals surface area contributed by atoms with Gasteiger partial charge < -0.3 is 10.6 Å². The van der Waals surface area contributed by atoms with Crippen molar-refractivity contribution in [2.45, 2.75) is 32.4 Å². The summed E-state index contributed by atoms with van der Waals surface area (Å²) in [5.41, 5.74) is 0.122. The molecule has 0 saturated carbocycles. The number of hydrogen-bond acceptors (Lipinski definition) is 1. The second-order valence-corrected chi connectivity index (χ2v) is 3.45. The van der Waals surface area contributed by atoms with E-state index in [2.05, 4.69) is 31.4 Å². The van der Waals surface area contributed by atoms with Crippen molar-refractivity contribution < 1.29 is 0 Å². The zero-order chi connectivity index (χ0) is 7.07. The Balaban J connectivity index is 2.69. The van der Waals surface area contributed by atoms with Crippen LogP contribution in [0, 0.1) is 0 Å². The smallest absolute Gasteiger partial charge is 0.167 e. The van der Waals surface area contributed by atoms with Crippen LogP contribution in [0.1, 0.15) is 20.8 Å². The van der Waals surface area contributed by atoms with Gasteiger partial charge in [0.05, 0.1) is 5.54 Å². The molecule has 9 heavy (non-hydrogen) atoms.